The Morgan fingerprint density at radius 3 is 2.94 bits per heavy atom. The molecule has 5 nitrogen and oxygen atoms in total. The summed E-state index contributed by atoms with van der Waals surface area (Å²) in [6.07, 6.45) is 3.39. The molecule has 0 radical (unpaired) electrons. The second-order valence-electron chi connectivity index (χ2n) is 3.40. The number of nitrogens with zero attached hydrogens (tertiary/aromatic N) is 2. The van der Waals surface area contributed by atoms with Crippen molar-refractivity contribution in [3.05, 3.63) is 30.6 Å². The summed E-state index contributed by atoms with van der Waals surface area (Å²) in [5, 5.41) is 24.7. The van der Waals surface area contributed by atoms with Gasteiger partial charge in [0.1, 0.15) is 0 Å². The summed E-state index contributed by atoms with van der Waals surface area (Å²) in [4.78, 5) is 0. The van der Waals surface area contributed by atoms with Gasteiger partial charge < -0.3 is 15.7 Å². The predicted octanol–water partition coefficient (Wildman–Crippen LogP) is 0.908. The Kier molecular flexibility index (Phi) is 3.79. The second kappa shape index (κ2) is 5.51. The van der Waals surface area contributed by atoms with Crippen LogP contribution in [0.4, 0.5) is 5.69 Å². The number of fused-ring (bicyclic) bond motifs is 1. The summed E-state index contributed by atoms with van der Waals surface area (Å²) < 4.78 is 0. The maximum absolute atomic E-state index is 8.68. The van der Waals surface area contributed by atoms with Crippen molar-refractivity contribution in [2.75, 3.05) is 18.5 Å². The molecule has 3 N–H and O–H groups in total. The Balaban J connectivity index is 2.21. The van der Waals surface area contributed by atoms with Gasteiger partial charge in [-0.3, -0.25) is 0 Å². The van der Waals surface area contributed by atoms with E-state index in [-0.39, 0.29) is 6.61 Å². The summed E-state index contributed by atoms with van der Waals surface area (Å²) >= 11 is 5.10. The number of aliphatic hydroxyl groups excluding tert-OH is 1. The van der Waals surface area contributed by atoms with Crippen LogP contribution in [-0.4, -0.2) is 33.6 Å². The van der Waals surface area contributed by atoms with Gasteiger partial charge >= 0.3 is 0 Å². The fourth-order valence-electron chi connectivity index (χ4n) is 1.47. The lowest BCUT2D eigenvalue weighted by Gasteiger charge is -2.11. The minimum absolute atomic E-state index is 0.0445. The van der Waals surface area contributed by atoms with Gasteiger partial charge in [-0.1, -0.05) is 12.1 Å². The van der Waals surface area contributed by atoms with Crippen molar-refractivity contribution in [3.63, 3.8) is 0 Å². The molecule has 88 valence electrons. The van der Waals surface area contributed by atoms with E-state index < -0.39 is 0 Å². The van der Waals surface area contributed by atoms with Crippen molar-refractivity contribution >= 4 is 33.8 Å². The van der Waals surface area contributed by atoms with Gasteiger partial charge in [-0.2, -0.15) is 10.2 Å². The number of thiocarbonyl (C=S) groups is 1. The van der Waals surface area contributed by atoms with Crippen molar-refractivity contribution in [3.8, 4) is 0 Å². The molecule has 0 atom stereocenters. The standard InChI is InChI=1S/C11H12N4OS/c16-5-4-12-11(17)15-10-3-1-2-8-6-13-14-7-9(8)10/h1-3,6-7,16H,4-5H2,(H2,12,15,17). The molecular weight excluding hydrogens is 236 g/mol. The van der Waals surface area contributed by atoms with E-state index in [4.69, 9.17) is 17.3 Å². The largest absolute Gasteiger partial charge is 0.395 e. The Bertz CT molecular complexity index is 526. The maximum atomic E-state index is 8.68. The molecule has 0 spiro atoms. The van der Waals surface area contributed by atoms with Gasteiger partial charge in [0.05, 0.1) is 19.0 Å². The van der Waals surface area contributed by atoms with Gasteiger partial charge in [0.2, 0.25) is 0 Å². The lowest BCUT2D eigenvalue weighted by molar-refractivity contribution is 0.301. The third-order valence-corrected chi connectivity index (χ3v) is 2.48. The van der Waals surface area contributed by atoms with Crippen molar-refractivity contribution in [2.45, 2.75) is 0 Å². The number of hydrogen-bond acceptors (Lipinski definition) is 4. The van der Waals surface area contributed by atoms with Crippen LogP contribution in [0.5, 0.6) is 0 Å². The maximum Gasteiger partial charge on any atom is 0.170 e. The first-order chi connectivity index (χ1) is 8.31. The van der Waals surface area contributed by atoms with E-state index in [0.717, 1.165) is 16.5 Å². The van der Waals surface area contributed by atoms with Gasteiger partial charge in [0, 0.05) is 23.0 Å². The Labute approximate surface area is 104 Å². The fourth-order valence-corrected chi connectivity index (χ4v) is 1.68. The van der Waals surface area contributed by atoms with Crippen LogP contribution in [0.2, 0.25) is 0 Å². The highest BCUT2D eigenvalue weighted by Gasteiger charge is 2.02. The van der Waals surface area contributed by atoms with Crippen LogP contribution < -0.4 is 10.6 Å². The molecule has 1 heterocycles. The van der Waals surface area contributed by atoms with Crippen molar-refractivity contribution in [2.24, 2.45) is 0 Å². The van der Waals surface area contributed by atoms with Crippen molar-refractivity contribution < 1.29 is 5.11 Å². The van der Waals surface area contributed by atoms with Gasteiger partial charge in [-0.05, 0) is 18.3 Å². The molecule has 0 amide bonds. The van der Waals surface area contributed by atoms with Crippen LogP contribution in [0.15, 0.2) is 30.6 Å². The van der Waals surface area contributed by atoms with E-state index >= 15 is 0 Å². The van der Waals surface area contributed by atoms with Crippen LogP contribution in [0.25, 0.3) is 10.8 Å². The van der Waals surface area contributed by atoms with Gasteiger partial charge in [-0.25, -0.2) is 0 Å². The molecule has 0 fully saturated rings. The highest BCUT2D eigenvalue weighted by molar-refractivity contribution is 7.80. The molecule has 1 aromatic carbocycles. The third-order valence-electron chi connectivity index (χ3n) is 2.24. The van der Waals surface area contributed by atoms with Gasteiger partial charge in [-0.15, -0.1) is 0 Å². The normalized spacial score (nSPS) is 10.2. The molecule has 6 heteroatoms. The summed E-state index contributed by atoms with van der Waals surface area (Å²) in [6, 6.07) is 5.79. The number of benzene rings is 1. The molecule has 0 unspecified atom stereocenters. The molecule has 0 aliphatic heterocycles. The van der Waals surface area contributed by atoms with Gasteiger partial charge in [0.15, 0.2) is 5.11 Å². The van der Waals surface area contributed by atoms with E-state index in [1.807, 2.05) is 18.2 Å². The first kappa shape index (κ1) is 11.7. The number of nitrogens with one attached hydrogen (secondary N) is 2. The third kappa shape index (κ3) is 2.86. The minimum Gasteiger partial charge on any atom is -0.395 e. The van der Waals surface area contributed by atoms with Crippen LogP contribution in [0.1, 0.15) is 0 Å². The Morgan fingerprint density at radius 2 is 2.12 bits per heavy atom. The number of anilines is 1. The minimum atomic E-state index is 0.0445. The van der Waals surface area contributed by atoms with Crippen LogP contribution >= 0.6 is 12.2 Å². The van der Waals surface area contributed by atoms with E-state index in [0.29, 0.717) is 11.7 Å². The lowest BCUT2D eigenvalue weighted by Crippen LogP contribution is -2.30. The van der Waals surface area contributed by atoms with E-state index in [1.165, 1.54) is 0 Å². The highest BCUT2D eigenvalue weighted by atomic mass is 32.1. The zero-order valence-electron chi connectivity index (χ0n) is 9.05. The summed E-state index contributed by atoms with van der Waals surface area (Å²) in [5.74, 6) is 0. The van der Waals surface area contributed by atoms with Crippen molar-refractivity contribution in [1.29, 1.82) is 0 Å². The number of aromatic nitrogens is 2. The number of rotatable bonds is 3. The smallest absolute Gasteiger partial charge is 0.170 e. The zero-order chi connectivity index (χ0) is 12.1. The van der Waals surface area contributed by atoms with Crippen LogP contribution in [0, 0.1) is 0 Å². The lowest BCUT2D eigenvalue weighted by atomic mass is 10.2. The molecule has 0 aliphatic rings. The monoisotopic (exact) mass is 248 g/mol. The predicted molar refractivity (Wildman–Crippen MR) is 70.8 cm³/mol. The quantitative estimate of drug-likeness (QED) is 0.701. The molecule has 0 saturated carbocycles. The zero-order valence-corrected chi connectivity index (χ0v) is 9.87. The van der Waals surface area contributed by atoms with E-state index in [2.05, 4.69) is 20.8 Å². The fraction of sp³-hybridized carbons (Fsp3) is 0.182. The van der Waals surface area contributed by atoms with Gasteiger partial charge in [0.25, 0.3) is 0 Å². The first-order valence-corrected chi connectivity index (χ1v) is 5.57. The molecular formula is C11H12N4OS. The molecule has 2 rings (SSSR count). The number of aliphatic hydroxyl groups is 1. The molecule has 2 aromatic rings. The Morgan fingerprint density at radius 1 is 1.29 bits per heavy atom. The average Bonchev–Trinajstić information content (AvgIpc) is 2.37. The molecule has 0 bridgehead atoms. The Hall–Kier alpha value is -1.79. The van der Waals surface area contributed by atoms with Crippen LogP contribution in [-0.2, 0) is 0 Å². The second-order valence-corrected chi connectivity index (χ2v) is 3.81. The first-order valence-electron chi connectivity index (χ1n) is 5.16. The number of hydrogen-bond donors (Lipinski definition) is 3. The molecule has 1 aromatic heterocycles. The average molecular weight is 248 g/mol. The molecule has 17 heavy (non-hydrogen) atoms. The summed E-state index contributed by atoms with van der Waals surface area (Å²) in [7, 11) is 0. The SMILES string of the molecule is OCCNC(=S)Nc1cccc2cnncc12. The highest BCUT2D eigenvalue weighted by Crippen LogP contribution is 2.21. The van der Waals surface area contributed by atoms with E-state index in [9.17, 15) is 0 Å². The summed E-state index contributed by atoms with van der Waals surface area (Å²) in [6.45, 7) is 0.471. The molecule has 0 saturated heterocycles. The van der Waals surface area contributed by atoms with Crippen LogP contribution in [0.3, 0.4) is 0 Å². The van der Waals surface area contributed by atoms with E-state index in [1.54, 1.807) is 12.4 Å². The van der Waals surface area contributed by atoms with Crippen molar-refractivity contribution in [1.82, 2.24) is 15.5 Å². The topological polar surface area (TPSA) is 70.1 Å². The molecule has 0 aliphatic carbocycles. The summed E-state index contributed by atoms with van der Waals surface area (Å²) in [5.41, 5.74) is 0.868.